The second-order valence-electron chi connectivity index (χ2n) is 8.90. The topological polar surface area (TPSA) is 53.0 Å². The number of ether oxygens (including phenoxy) is 1. The molecule has 0 spiro atoms. The fourth-order valence-electron chi connectivity index (χ4n) is 4.60. The molecule has 2 heterocycles. The van der Waals surface area contributed by atoms with Crippen molar-refractivity contribution in [2.24, 2.45) is 0 Å². The molecule has 0 bridgehead atoms. The van der Waals surface area contributed by atoms with Gasteiger partial charge in [-0.05, 0) is 60.5 Å². The van der Waals surface area contributed by atoms with E-state index in [1.807, 2.05) is 78.2 Å². The van der Waals surface area contributed by atoms with Gasteiger partial charge in [0.2, 0.25) is 5.91 Å². The Labute approximate surface area is 206 Å². The van der Waals surface area contributed by atoms with E-state index >= 15 is 0 Å². The minimum absolute atomic E-state index is 0.0870. The van der Waals surface area contributed by atoms with E-state index in [1.54, 1.807) is 11.3 Å². The predicted molar refractivity (Wildman–Crippen MR) is 137 cm³/mol. The highest BCUT2D eigenvalue weighted by Crippen LogP contribution is 2.34. The van der Waals surface area contributed by atoms with Crippen LogP contribution in [0, 0.1) is 6.92 Å². The highest BCUT2D eigenvalue weighted by molar-refractivity contribution is 7.10. The number of benzene rings is 2. The van der Waals surface area contributed by atoms with Gasteiger partial charge < -0.3 is 14.7 Å². The van der Waals surface area contributed by atoms with Gasteiger partial charge in [-0.1, -0.05) is 55.5 Å². The van der Waals surface area contributed by atoms with Crippen LogP contribution >= 0.6 is 11.3 Å². The van der Waals surface area contributed by atoms with Gasteiger partial charge in [0, 0.05) is 18.0 Å². The number of amides is 1. The molecule has 1 N–H and O–H groups in total. The zero-order valence-electron chi connectivity index (χ0n) is 20.0. The van der Waals surface area contributed by atoms with Crippen LogP contribution in [0.4, 0.5) is 0 Å². The molecule has 1 aliphatic heterocycles. The third-order valence-corrected chi connectivity index (χ3v) is 7.49. The Balaban J connectivity index is 1.41. The molecular weight excluding hydrogens is 444 g/mol. The van der Waals surface area contributed by atoms with Gasteiger partial charge in [0.1, 0.15) is 12.4 Å². The molecule has 1 aliphatic rings. The van der Waals surface area contributed by atoms with Crippen molar-refractivity contribution in [2.75, 3.05) is 32.8 Å². The minimum atomic E-state index is -0.514. The van der Waals surface area contributed by atoms with E-state index in [0.717, 1.165) is 23.3 Å². The van der Waals surface area contributed by atoms with Crippen molar-refractivity contribution in [1.29, 1.82) is 0 Å². The molecule has 0 aliphatic carbocycles. The summed E-state index contributed by atoms with van der Waals surface area (Å²) in [6.45, 7) is 6.67. The maximum Gasteiger partial charge on any atom is 0.237 e. The third-order valence-electron chi connectivity index (χ3n) is 6.49. The van der Waals surface area contributed by atoms with Gasteiger partial charge in [-0.2, -0.15) is 0 Å². The Morgan fingerprint density at radius 1 is 1.18 bits per heavy atom. The lowest BCUT2D eigenvalue weighted by atomic mass is 10.00. The lowest BCUT2D eigenvalue weighted by Gasteiger charge is -2.37. The third kappa shape index (κ3) is 6.06. The monoisotopic (exact) mass is 478 g/mol. The molecular formula is C28H34N2O3S. The number of nitrogens with zero attached hydrogens (tertiary/aromatic N) is 2. The van der Waals surface area contributed by atoms with Crippen LogP contribution in [0.1, 0.15) is 34.5 Å². The van der Waals surface area contributed by atoms with Crippen LogP contribution in [-0.4, -0.2) is 59.7 Å². The molecule has 5 nitrogen and oxygen atoms in total. The van der Waals surface area contributed by atoms with E-state index in [1.165, 1.54) is 10.4 Å². The summed E-state index contributed by atoms with van der Waals surface area (Å²) in [5.41, 5.74) is 3.39. The Kier molecular flexibility index (Phi) is 8.38. The molecule has 0 radical (unpaired) electrons. The second kappa shape index (κ2) is 11.6. The van der Waals surface area contributed by atoms with Crippen molar-refractivity contribution in [3.05, 3.63) is 87.6 Å². The van der Waals surface area contributed by atoms with Crippen molar-refractivity contribution in [2.45, 2.75) is 38.8 Å². The molecule has 0 saturated heterocycles. The lowest BCUT2D eigenvalue weighted by molar-refractivity contribution is -0.136. The molecule has 0 fully saturated rings. The lowest BCUT2D eigenvalue weighted by Crippen LogP contribution is -2.47. The maximum atomic E-state index is 13.5. The summed E-state index contributed by atoms with van der Waals surface area (Å²) in [6.07, 6.45) is 0.947. The summed E-state index contributed by atoms with van der Waals surface area (Å²) in [7, 11) is 0. The number of carbonyl (C=O) groups is 1. The van der Waals surface area contributed by atoms with Crippen LogP contribution in [0.15, 0.2) is 66.0 Å². The van der Waals surface area contributed by atoms with E-state index in [-0.39, 0.29) is 11.9 Å². The van der Waals surface area contributed by atoms with Gasteiger partial charge in [-0.25, -0.2) is 0 Å². The molecule has 2 aromatic carbocycles. The molecule has 180 valence electrons. The van der Waals surface area contributed by atoms with Gasteiger partial charge in [-0.15, -0.1) is 11.3 Å². The summed E-state index contributed by atoms with van der Waals surface area (Å²) >= 11 is 1.76. The first-order chi connectivity index (χ1) is 16.5. The molecule has 0 saturated carbocycles. The number of rotatable bonds is 10. The van der Waals surface area contributed by atoms with Gasteiger partial charge in [-0.3, -0.25) is 9.69 Å². The van der Waals surface area contributed by atoms with Crippen molar-refractivity contribution in [3.8, 4) is 5.75 Å². The Morgan fingerprint density at radius 2 is 1.94 bits per heavy atom. The van der Waals surface area contributed by atoms with Crippen molar-refractivity contribution in [3.63, 3.8) is 0 Å². The summed E-state index contributed by atoms with van der Waals surface area (Å²) < 4.78 is 6.20. The number of fused-ring (bicyclic) bond motifs is 1. The molecule has 0 unspecified atom stereocenters. The average molecular weight is 479 g/mol. The average Bonchev–Trinajstić information content (AvgIpc) is 3.32. The van der Waals surface area contributed by atoms with E-state index in [2.05, 4.69) is 11.4 Å². The van der Waals surface area contributed by atoms with Crippen LogP contribution in [0.2, 0.25) is 0 Å². The first kappa shape index (κ1) is 24.5. The fraction of sp³-hybridized carbons (Fsp3) is 0.393. The number of aryl methyl sites for hydroxylation is 1. The molecule has 34 heavy (non-hydrogen) atoms. The normalized spacial score (nSPS) is 16.4. The predicted octanol–water partition coefficient (Wildman–Crippen LogP) is 4.49. The van der Waals surface area contributed by atoms with Crippen molar-refractivity contribution in [1.82, 2.24) is 9.80 Å². The van der Waals surface area contributed by atoms with Gasteiger partial charge in [0.25, 0.3) is 0 Å². The molecule has 1 aromatic heterocycles. The van der Waals surface area contributed by atoms with Crippen LogP contribution < -0.4 is 4.74 Å². The number of likely N-dealkylation sites (N-methyl/N-ethyl adjacent to an activating group) is 1. The molecule has 1 amide bonds. The summed E-state index contributed by atoms with van der Waals surface area (Å²) in [6, 6.07) is 20.0. The molecule has 3 aromatic rings. The van der Waals surface area contributed by atoms with Crippen LogP contribution in [0.5, 0.6) is 5.75 Å². The largest absolute Gasteiger partial charge is 0.491 e. The smallest absolute Gasteiger partial charge is 0.237 e. The summed E-state index contributed by atoms with van der Waals surface area (Å²) in [5.74, 6) is 0.945. The zero-order valence-corrected chi connectivity index (χ0v) is 20.8. The van der Waals surface area contributed by atoms with Crippen LogP contribution in [-0.2, 0) is 17.6 Å². The van der Waals surface area contributed by atoms with Crippen molar-refractivity contribution >= 4 is 17.2 Å². The number of para-hydroxylation sites is 1. The van der Waals surface area contributed by atoms with Crippen molar-refractivity contribution < 1.29 is 14.6 Å². The van der Waals surface area contributed by atoms with Gasteiger partial charge in [0.15, 0.2) is 0 Å². The number of hydrogen-bond donors (Lipinski definition) is 1. The summed E-state index contributed by atoms with van der Waals surface area (Å²) in [5, 5.41) is 12.7. The van der Waals surface area contributed by atoms with Gasteiger partial charge >= 0.3 is 0 Å². The van der Waals surface area contributed by atoms with E-state index in [9.17, 15) is 9.90 Å². The van der Waals surface area contributed by atoms with Crippen LogP contribution in [0.25, 0.3) is 0 Å². The van der Waals surface area contributed by atoms with Crippen LogP contribution in [0.3, 0.4) is 0 Å². The standard InChI is InChI=1S/C28H34N2O3S/c1-3-29(18-23(31)17-22-10-5-4-6-11-22)19-28(32)30-15-13-27-24(14-16-34-27)25(30)20-33-26-12-8-7-9-21(26)2/h4-12,14,16,23,25,31H,3,13,15,17-20H2,1-2H3/t23-,25+/m0/s1. The molecule has 6 heteroatoms. The SMILES string of the molecule is CCN(CC(=O)N1CCc2sccc2[C@H]1COc1ccccc1C)C[C@@H](O)Cc1ccccc1. The number of aliphatic hydroxyl groups excluding tert-OH is 1. The summed E-state index contributed by atoms with van der Waals surface area (Å²) in [4.78, 5) is 18.8. The highest BCUT2D eigenvalue weighted by atomic mass is 32.1. The first-order valence-electron chi connectivity index (χ1n) is 12.0. The van der Waals surface area contributed by atoms with Gasteiger partial charge in [0.05, 0.1) is 18.7 Å². The molecule has 4 rings (SSSR count). The fourth-order valence-corrected chi connectivity index (χ4v) is 5.53. The Morgan fingerprint density at radius 3 is 2.71 bits per heavy atom. The van der Waals surface area contributed by atoms with E-state index < -0.39 is 6.10 Å². The molecule has 2 atom stereocenters. The van der Waals surface area contributed by atoms with E-state index in [4.69, 9.17) is 4.74 Å². The second-order valence-corrected chi connectivity index (χ2v) is 9.90. The maximum absolute atomic E-state index is 13.5. The first-order valence-corrected chi connectivity index (χ1v) is 12.9. The Hall–Kier alpha value is -2.67. The number of aliphatic hydroxyl groups is 1. The number of thiophene rings is 1. The Bertz CT molecular complexity index is 1070. The zero-order chi connectivity index (χ0) is 23.9. The number of hydrogen-bond acceptors (Lipinski definition) is 5. The number of carbonyl (C=O) groups excluding carboxylic acids is 1. The highest BCUT2D eigenvalue weighted by Gasteiger charge is 2.33. The minimum Gasteiger partial charge on any atom is -0.491 e. The quantitative estimate of drug-likeness (QED) is 0.467. The van der Waals surface area contributed by atoms with E-state index in [0.29, 0.717) is 39.2 Å².